The quantitative estimate of drug-likeness (QED) is 0.475. The van der Waals surface area contributed by atoms with Gasteiger partial charge in [0.2, 0.25) is 0 Å². The maximum Gasteiger partial charge on any atom is 0.154 e. The summed E-state index contributed by atoms with van der Waals surface area (Å²) in [6.07, 6.45) is 0. The first-order valence-electron chi connectivity index (χ1n) is 5.76. The van der Waals surface area contributed by atoms with E-state index < -0.39 is 0 Å². The molecule has 2 aromatic carbocycles. The van der Waals surface area contributed by atoms with Gasteiger partial charge < -0.3 is 11.5 Å². The van der Waals surface area contributed by atoms with E-state index in [2.05, 4.69) is 42.1 Å². The fraction of sp³-hybridized carbons (Fsp3) is 0. The number of hydrogen-bond donors (Lipinski definition) is 2. The summed E-state index contributed by atoms with van der Waals surface area (Å²) in [5.41, 5.74) is 13.4. The van der Waals surface area contributed by atoms with Crippen LogP contribution >= 0.6 is 31.9 Å². The Morgan fingerprint density at radius 3 is 1.40 bits per heavy atom. The van der Waals surface area contributed by atoms with Crippen LogP contribution in [0.4, 0.5) is 0 Å². The van der Waals surface area contributed by atoms with Gasteiger partial charge in [0.1, 0.15) is 0 Å². The van der Waals surface area contributed by atoms with Crippen molar-refractivity contribution in [2.45, 2.75) is 0 Å². The van der Waals surface area contributed by atoms with Crippen LogP contribution in [0.3, 0.4) is 0 Å². The Kier molecular flexibility index (Phi) is 4.92. The zero-order valence-electron chi connectivity index (χ0n) is 10.4. The van der Waals surface area contributed by atoms with Crippen molar-refractivity contribution in [2.75, 3.05) is 0 Å². The first-order chi connectivity index (χ1) is 9.59. The van der Waals surface area contributed by atoms with Crippen molar-refractivity contribution in [3.63, 3.8) is 0 Å². The van der Waals surface area contributed by atoms with Gasteiger partial charge in [-0.3, -0.25) is 0 Å². The lowest BCUT2D eigenvalue weighted by Gasteiger charge is -2.03. The van der Waals surface area contributed by atoms with E-state index in [1.54, 1.807) is 0 Å². The van der Waals surface area contributed by atoms with Gasteiger partial charge in [0, 0.05) is 20.1 Å². The van der Waals surface area contributed by atoms with Crippen molar-refractivity contribution in [1.29, 1.82) is 0 Å². The Hall–Kier alpha value is -1.66. The van der Waals surface area contributed by atoms with Gasteiger partial charge >= 0.3 is 0 Å². The number of benzene rings is 2. The summed E-state index contributed by atoms with van der Waals surface area (Å²) < 4.78 is 1.71. The van der Waals surface area contributed by atoms with Gasteiger partial charge in [0.15, 0.2) is 11.7 Å². The van der Waals surface area contributed by atoms with Gasteiger partial charge in [-0.25, -0.2) is 0 Å². The highest BCUT2D eigenvalue weighted by Crippen LogP contribution is 2.17. The maximum atomic E-state index is 5.91. The summed E-state index contributed by atoms with van der Waals surface area (Å²) >= 11 is 6.82. The van der Waals surface area contributed by atoms with E-state index in [0.29, 0.717) is 11.7 Å². The molecule has 2 rings (SSSR count). The molecule has 4 nitrogen and oxygen atoms in total. The molecule has 20 heavy (non-hydrogen) atoms. The normalized spacial score (nSPS) is 12.5. The first-order valence-corrected chi connectivity index (χ1v) is 7.34. The van der Waals surface area contributed by atoms with Gasteiger partial charge in [-0.2, -0.15) is 0 Å². The fourth-order valence-corrected chi connectivity index (χ4v) is 2.53. The van der Waals surface area contributed by atoms with E-state index in [9.17, 15) is 0 Å². The SMILES string of the molecule is N/C(=N\N=C(/N)c1ccccc1Br)c1ccccc1Br. The molecular formula is C14H12Br2N4. The average molecular weight is 396 g/mol. The van der Waals surface area contributed by atoms with Crippen LogP contribution in [0, 0.1) is 0 Å². The molecule has 0 bridgehead atoms. The van der Waals surface area contributed by atoms with Crippen LogP contribution in [0.25, 0.3) is 0 Å². The fourth-order valence-electron chi connectivity index (χ4n) is 1.55. The van der Waals surface area contributed by atoms with Crippen LogP contribution in [0.5, 0.6) is 0 Å². The summed E-state index contributed by atoms with van der Waals surface area (Å²) in [4.78, 5) is 0. The summed E-state index contributed by atoms with van der Waals surface area (Å²) in [6.45, 7) is 0. The lowest BCUT2D eigenvalue weighted by Crippen LogP contribution is -2.16. The molecule has 0 spiro atoms. The molecule has 6 heteroatoms. The second kappa shape index (κ2) is 6.67. The molecule has 0 aromatic heterocycles. The summed E-state index contributed by atoms with van der Waals surface area (Å²) in [5.74, 6) is 0.597. The highest BCUT2D eigenvalue weighted by atomic mass is 79.9. The van der Waals surface area contributed by atoms with Gasteiger partial charge in [0.25, 0.3) is 0 Å². The molecule has 0 heterocycles. The monoisotopic (exact) mass is 394 g/mol. The number of nitrogens with two attached hydrogens (primary N) is 2. The largest absolute Gasteiger partial charge is 0.382 e. The second-order valence-electron chi connectivity index (χ2n) is 3.93. The third kappa shape index (κ3) is 3.46. The Labute approximate surface area is 133 Å². The molecule has 0 radical (unpaired) electrons. The van der Waals surface area contributed by atoms with E-state index in [1.165, 1.54) is 0 Å². The number of amidine groups is 2. The predicted molar refractivity (Wildman–Crippen MR) is 89.7 cm³/mol. The minimum absolute atomic E-state index is 0.299. The minimum Gasteiger partial charge on any atom is -0.382 e. The standard InChI is InChI=1S/C14H12Br2N4/c15-11-7-3-1-5-9(11)13(17)19-20-14(18)10-6-2-4-8-12(10)16/h1-8H,(H2,17,19)(H2,18,20). The van der Waals surface area contributed by atoms with Crippen molar-refractivity contribution >= 4 is 43.5 Å². The molecule has 0 fully saturated rings. The Bertz CT molecular complexity index is 621. The number of rotatable bonds is 3. The lowest BCUT2D eigenvalue weighted by molar-refractivity contribution is 1.20. The highest BCUT2D eigenvalue weighted by Gasteiger charge is 2.05. The van der Waals surface area contributed by atoms with Crippen LogP contribution in [-0.4, -0.2) is 11.7 Å². The van der Waals surface area contributed by atoms with Crippen molar-refractivity contribution in [3.8, 4) is 0 Å². The Balaban J connectivity index is 2.30. The average Bonchev–Trinajstić information content (AvgIpc) is 2.45. The van der Waals surface area contributed by atoms with E-state index in [1.807, 2.05) is 48.5 Å². The molecule has 0 atom stereocenters. The van der Waals surface area contributed by atoms with Crippen LogP contribution in [0.15, 0.2) is 67.7 Å². The molecule has 0 unspecified atom stereocenters. The molecule has 0 aliphatic heterocycles. The third-order valence-corrected chi connectivity index (χ3v) is 3.95. The van der Waals surface area contributed by atoms with E-state index >= 15 is 0 Å². The number of halogens is 2. The molecular weight excluding hydrogens is 384 g/mol. The topological polar surface area (TPSA) is 76.8 Å². The highest BCUT2D eigenvalue weighted by molar-refractivity contribution is 9.10. The predicted octanol–water partition coefficient (Wildman–Crippen LogP) is 3.24. The Morgan fingerprint density at radius 2 is 1.05 bits per heavy atom. The molecule has 4 N–H and O–H groups in total. The molecule has 102 valence electrons. The summed E-state index contributed by atoms with van der Waals surface area (Å²) in [5, 5.41) is 7.96. The van der Waals surface area contributed by atoms with Crippen molar-refractivity contribution in [2.24, 2.45) is 21.7 Å². The number of nitrogens with zero attached hydrogens (tertiary/aromatic N) is 2. The van der Waals surface area contributed by atoms with E-state index in [-0.39, 0.29) is 0 Å². The van der Waals surface area contributed by atoms with Gasteiger partial charge in [-0.1, -0.05) is 68.3 Å². The zero-order valence-corrected chi connectivity index (χ0v) is 13.6. The third-order valence-electron chi connectivity index (χ3n) is 2.57. The molecule has 0 aliphatic rings. The minimum atomic E-state index is 0.299. The smallest absolute Gasteiger partial charge is 0.154 e. The maximum absolute atomic E-state index is 5.91. The van der Waals surface area contributed by atoms with Crippen LogP contribution in [-0.2, 0) is 0 Å². The van der Waals surface area contributed by atoms with Crippen LogP contribution in [0.2, 0.25) is 0 Å². The first kappa shape index (κ1) is 14.7. The van der Waals surface area contributed by atoms with E-state index in [0.717, 1.165) is 20.1 Å². The van der Waals surface area contributed by atoms with Crippen molar-refractivity contribution in [1.82, 2.24) is 0 Å². The molecule has 0 saturated carbocycles. The Morgan fingerprint density at radius 1 is 0.700 bits per heavy atom. The molecule has 2 aromatic rings. The lowest BCUT2D eigenvalue weighted by atomic mass is 10.2. The number of hydrogen-bond acceptors (Lipinski definition) is 2. The van der Waals surface area contributed by atoms with Gasteiger partial charge in [0.05, 0.1) is 0 Å². The summed E-state index contributed by atoms with van der Waals surface area (Å²) in [6, 6.07) is 15.0. The summed E-state index contributed by atoms with van der Waals surface area (Å²) in [7, 11) is 0. The van der Waals surface area contributed by atoms with Crippen molar-refractivity contribution < 1.29 is 0 Å². The van der Waals surface area contributed by atoms with Crippen molar-refractivity contribution in [3.05, 3.63) is 68.6 Å². The second-order valence-corrected chi connectivity index (χ2v) is 5.64. The zero-order chi connectivity index (χ0) is 14.5. The molecule has 0 amide bonds. The van der Waals surface area contributed by atoms with E-state index in [4.69, 9.17) is 11.5 Å². The van der Waals surface area contributed by atoms with Crippen LogP contribution in [0.1, 0.15) is 11.1 Å². The molecule has 0 aliphatic carbocycles. The van der Waals surface area contributed by atoms with Gasteiger partial charge in [-0.15, -0.1) is 10.2 Å². The molecule has 0 saturated heterocycles. The van der Waals surface area contributed by atoms with Gasteiger partial charge in [-0.05, 0) is 12.1 Å². The van der Waals surface area contributed by atoms with Crippen LogP contribution < -0.4 is 11.5 Å².